The molecule has 0 aromatic carbocycles. The Morgan fingerprint density at radius 1 is 1.18 bits per heavy atom. The van der Waals surface area contributed by atoms with Crippen LogP contribution in [0.2, 0.25) is 0 Å². The van der Waals surface area contributed by atoms with Crippen LogP contribution in [0.1, 0.15) is 35.0 Å². The van der Waals surface area contributed by atoms with E-state index in [1.54, 1.807) is 19.3 Å². The molecule has 1 saturated heterocycles. The largest absolute Gasteiger partial charge is 0.361 e. The molecule has 146 valence electrons. The summed E-state index contributed by atoms with van der Waals surface area (Å²) in [6.07, 6.45) is 5.46. The first-order chi connectivity index (χ1) is 13.5. The van der Waals surface area contributed by atoms with Gasteiger partial charge >= 0.3 is 0 Å². The van der Waals surface area contributed by atoms with Gasteiger partial charge in [-0.2, -0.15) is 0 Å². The van der Waals surface area contributed by atoms with Crippen molar-refractivity contribution in [3.63, 3.8) is 0 Å². The highest BCUT2D eigenvalue weighted by Crippen LogP contribution is 2.26. The van der Waals surface area contributed by atoms with E-state index in [0.29, 0.717) is 23.9 Å². The van der Waals surface area contributed by atoms with Gasteiger partial charge in [0.25, 0.3) is 0 Å². The highest BCUT2D eigenvalue weighted by molar-refractivity contribution is 5.78. The van der Waals surface area contributed by atoms with Gasteiger partial charge in [-0.3, -0.25) is 9.78 Å². The van der Waals surface area contributed by atoms with Gasteiger partial charge in [-0.05, 0) is 39.5 Å². The number of aromatic nitrogens is 5. The molecule has 9 nitrogen and oxygen atoms in total. The Morgan fingerprint density at radius 3 is 2.75 bits per heavy atom. The minimum absolute atomic E-state index is 0.0526. The molecule has 4 rings (SSSR count). The minimum Gasteiger partial charge on any atom is -0.361 e. The number of hydrogen-bond acceptors (Lipinski definition) is 8. The zero-order chi connectivity index (χ0) is 19.7. The fourth-order valence-electron chi connectivity index (χ4n) is 3.66. The quantitative estimate of drug-likeness (QED) is 0.659. The summed E-state index contributed by atoms with van der Waals surface area (Å²) < 4.78 is 9.91. The summed E-state index contributed by atoms with van der Waals surface area (Å²) in [5.41, 5.74) is 4.65. The third-order valence-electron chi connectivity index (χ3n) is 5.18. The van der Waals surface area contributed by atoms with Crippen LogP contribution in [0.4, 0.5) is 0 Å². The molecule has 0 saturated carbocycles. The number of nitrogens with zero attached hydrogens (tertiary/aromatic N) is 6. The Balaban J connectivity index is 1.40. The SMILES string of the molecule is Cc1nonc1CC(=O)N1CC[C@H](Cc2cncc(-c3c(C)noc3C)n2)C1. The fraction of sp³-hybridized carbons (Fsp3) is 0.474. The van der Waals surface area contributed by atoms with E-state index in [-0.39, 0.29) is 12.3 Å². The summed E-state index contributed by atoms with van der Waals surface area (Å²) in [6, 6.07) is 0. The molecule has 1 aliphatic rings. The molecule has 0 spiro atoms. The maximum Gasteiger partial charge on any atom is 0.228 e. The molecule has 1 atom stereocenters. The van der Waals surface area contributed by atoms with E-state index in [4.69, 9.17) is 9.51 Å². The topological polar surface area (TPSA) is 111 Å². The number of rotatable bonds is 5. The lowest BCUT2D eigenvalue weighted by Crippen LogP contribution is -2.30. The Bertz CT molecular complexity index is 976. The molecule has 1 aliphatic heterocycles. The van der Waals surface area contributed by atoms with Gasteiger partial charge in [0.15, 0.2) is 0 Å². The molecule has 28 heavy (non-hydrogen) atoms. The van der Waals surface area contributed by atoms with Gasteiger partial charge in [-0.1, -0.05) is 15.5 Å². The normalized spacial score (nSPS) is 16.7. The summed E-state index contributed by atoms with van der Waals surface area (Å²) in [4.78, 5) is 23.5. The Labute approximate surface area is 162 Å². The fourth-order valence-corrected chi connectivity index (χ4v) is 3.66. The second-order valence-corrected chi connectivity index (χ2v) is 7.27. The summed E-state index contributed by atoms with van der Waals surface area (Å²) in [7, 11) is 0. The van der Waals surface area contributed by atoms with E-state index < -0.39 is 0 Å². The van der Waals surface area contributed by atoms with Gasteiger partial charge in [0, 0.05) is 19.3 Å². The molecular formula is C19H22N6O3. The Morgan fingerprint density at radius 2 is 2.04 bits per heavy atom. The van der Waals surface area contributed by atoms with Crippen LogP contribution in [0.3, 0.4) is 0 Å². The van der Waals surface area contributed by atoms with Crippen molar-refractivity contribution < 1.29 is 13.9 Å². The summed E-state index contributed by atoms with van der Waals surface area (Å²) in [6.45, 7) is 7.00. The van der Waals surface area contributed by atoms with Crippen LogP contribution in [-0.4, -0.2) is 49.3 Å². The van der Waals surface area contributed by atoms with Crippen molar-refractivity contribution >= 4 is 5.91 Å². The van der Waals surface area contributed by atoms with E-state index in [1.165, 1.54) is 0 Å². The number of amides is 1. The molecule has 4 heterocycles. The van der Waals surface area contributed by atoms with Gasteiger partial charge in [-0.25, -0.2) is 9.61 Å². The molecule has 1 amide bonds. The average molecular weight is 382 g/mol. The standard InChI is InChI=1S/C19H22N6O3/c1-11-16(24-28-23-11)7-18(26)25-5-4-14(10-25)6-15-8-20-9-17(21-15)19-12(2)22-27-13(19)3/h8-9,14H,4-7,10H2,1-3H3/t14-/m1/s1. The van der Waals surface area contributed by atoms with Crippen LogP contribution in [0, 0.1) is 26.7 Å². The van der Waals surface area contributed by atoms with E-state index in [9.17, 15) is 4.79 Å². The highest BCUT2D eigenvalue weighted by atomic mass is 16.6. The predicted molar refractivity (Wildman–Crippen MR) is 98.1 cm³/mol. The number of carbonyl (C=O) groups is 1. The molecule has 0 radical (unpaired) electrons. The molecular weight excluding hydrogens is 360 g/mol. The first kappa shape index (κ1) is 18.3. The lowest BCUT2D eigenvalue weighted by Gasteiger charge is -2.16. The zero-order valence-corrected chi connectivity index (χ0v) is 16.2. The second-order valence-electron chi connectivity index (χ2n) is 7.27. The van der Waals surface area contributed by atoms with E-state index in [2.05, 4.69) is 25.1 Å². The molecule has 0 bridgehead atoms. The summed E-state index contributed by atoms with van der Waals surface area (Å²) in [5, 5.41) is 11.5. The van der Waals surface area contributed by atoms with E-state index >= 15 is 0 Å². The number of aryl methyl sites for hydroxylation is 3. The third kappa shape index (κ3) is 3.64. The predicted octanol–water partition coefficient (Wildman–Crippen LogP) is 2.07. The maximum absolute atomic E-state index is 12.5. The van der Waals surface area contributed by atoms with E-state index in [1.807, 2.05) is 18.7 Å². The summed E-state index contributed by atoms with van der Waals surface area (Å²) >= 11 is 0. The van der Waals surface area contributed by atoms with Crippen LogP contribution in [-0.2, 0) is 17.6 Å². The van der Waals surface area contributed by atoms with Crippen LogP contribution in [0.5, 0.6) is 0 Å². The van der Waals surface area contributed by atoms with Crippen molar-refractivity contribution in [3.8, 4) is 11.3 Å². The Hall–Kier alpha value is -3.10. The first-order valence-corrected chi connectivity index (χ1v) is 9.31. The molecule has 0 unspecified atom stereocenters. The zero-order valence-electron chi connectivity index (χ0n) is 16.2. The molecule has 0 aliphatic carbocycles. The van der Waals surface area contributed by atoms with Gasteiger partial charge in [0.2, 0.25) is 5.91 Å². The van der Waals surface area contributed by atoms with Crippen molar-refractivity contribution in [2.45, 2.75) is 40.0 Å². The number of likely N-dealkylation sites (tertiary alicyclic amines) is 1. The lowest BCUT2D eigenvalue weighted by molar-refractivity contribution is -0.129. The first-order valence-electron chi connectivity index (χ1n) is 9.31. The summed E-state index contributed by atoms with van der Waals surface area (Å²) in [5.74, 6) is 1.14. The van der Waals surface area contributed by atoms with Crippen LogP contribution in [0.25, 0.3) is 11.3 Å². The Kier molecular flexibility index (Phi) is 4.89. The molecule has 3 aromatic heterocycles. The monoisotopic (exact) mass is 382 g/mol. The average Bonchev–Trinajstić information content (AvgIpc) is 3.37. The van der Waals surface area contributed by atoms with Crippen molar-refractivity contribution in [2.75, 3.05) is 13.1 Å². The second kappa shape index (κ2) is 7.49. The van der Waals surface area contributed by atoms with Gasteiger partial charge in [0.1, 0.15) is 17.1 Å². The molecule has 1 fully saturated rings. The lowest BCUT2D eigenvalue weighted by atomic mass is 10.0. The van der Waals surface area contributed by atoms with Gasteiger partial charge in [0.05, 0.1) is 35.3 Å². The van der Waals surface area contributed by atoms with Crippen LogP contribution in [0.15, 0.2) is 21.5 Å². The maximum atomic E-state index is 12.5. The van der Waals surface area contributed by atoms with Crippen molar-refractivity contribution in [1.82, 2.24) is 30.3 Å². The highest BCUT2D eigenvalue weighted by Gasteiger charge is 2.28. The smallest absolute Gasteiger partial charge is 0.228 e. The molecule has 3 aromatic rings. The minimum atomic E-state index is 0.0526. The van der Waals surface area contributed by atoms with Crippen LogP contribution >= 0.6 is 0 Å². The molecule has 0 N–H and O–H groups in total. The van der Waals surface area contributed by atoms with Crippen molar-refractivity contribution in [1.29, 1.82) is 0 Å². The van der Waals surface area contributed by atoms with E-state index in [0.717, 1.165) is 47.8 Å². The van der Waals surface area contributed by atoms with Gasteiger partial charge in [-0.15, -0.1) is 0 Å². The van der Waals surface area contributed by atoms with Crippen LogP contribution < -0.4 is 0 Å². The van der Waals surface area contributed by atoms with Crippen molar-refractivity contribution in [2.24, 2.45) is 5.92 Å². The molecule has 9 heteroatoms. The third-order valence-corrected chi connectivity index (χ3v) is 5.18. The van der Waals surface area contributed by atoms with Crippen molar-refractivity contribution in [3.05, 3.63) is 40.9 Å². The number of carbonyl (C=O) groups excluding carboxylic acids is 1. The number of hydrogen-bond donors (Lipinski definition) is 0. The van der Waals surface area contributed by atoms with Gasteiger partial charge < -0.3 is 9.42 Å².